The summed E-state index contributed by atoms with van der Waals surface area (Å²) < 4.78 is 22.4. The number of benzene rings is 2. The molecule has 1 N–H and O–H groups in total. The fourth-order valence-electron chi connectivity index (χ4n) is 3.58. The maximum atomic E-state index is 14.4. The molecule has 0 saturated carbocycles. The van der Waals surface area contributed by atoms with Crippen LogP contribution in [0.3, 0.4) is 0 Å². The van der Waals surface area contributed by atoms with Crippen molar-refractivity contribution in [2.24, 2.45) is 0 Å². The molecule has 4 rings (SSSR count). The lowest BCUT2D eigenvalue weighted by Crippen LogP contribution is -2.26. The topological polar surface area (TPSA) is 56.1 Å². The van der Waals surface area contributed by atoms with Gasteiger partial charge in [-0.1, -0.05) is 18.2 Å². The number of fused-ring (bicyclic) bond motifs is 2. The Morgan fingerprint density at radius 2 is 1.97 bits per heavy atom. The Bertz CT molecular complexity index is 1220. The number of amides is 1. The summed E-state index contributed by atoms with van der Waals surface area (Å²) in [5.74, 6) is -0.213. The van der Waals surface area contributed by atoms with Crippen LogP contribution < -0.4 is 5.32 Å². The molecule has 0 atom stereocenters. The van der Waals surface area contributed by atoms with Crippen molar-refractivity contribution >= 4 is 44.3 Å². The molecule has 0 fully saturated rings. The number of nitrogens with zero attached hydrogens (tertiary/aromatic N) is 2. The van der Waals surface area contributed by atoms with E-state index in [0.29, 0.717) is 26.5 Å². The second kappa shape index (κ2) is 7.24. The number of ether oxygens (including phenoxy) is 1. The number of halogens is 1. The van der Waals surface area contributed by atoms with Gasteiger partial charge in [-0.05, 0) is 45.0 Å². The molecule has 0 unspecified atom stereocenters. The maximum Gasteiger partial charge on any atom is 0.268 e. The summed E-state index contributed by atoms with van der Waals surface area (Å²) in [5.41, 5.74) is 2.01. The summed E-state index contributed by atoms with van der Waals surface area (Å²) in [4.78, 5) is 18.3. The number of hydrogen-bond acceptors (Lipinski definition) is 4. The summed E-state index contributed by atoms with van der Waals surface area (Å²) in [7, 11) is 1.53. The van der Waals surface area contributed by atoms with E-state index in [9.17, 15) is 9.18 Å². The third kappa shape index (κ3) is 3.41. The molecule has 2 aromatic carbocycles. The zero-order valence-corrected chi connectivity index (χ0v) is 17.6. The van der Waals surface area contributed by atoms with Crippen molar-refractivity contribution < 1.29 is 13.9 Å². The molecule has 7 heteroatoms. The third-order valence-corrected chi connectivity index (χ3v) is 5.91. The van der Waals surface area contributed by atoms with Crippen LogP contribution in [0.1, 0.15) is 36.0 Å². The summed E-state index contributed by atoms with van der Waals surface area (Å²) in [6, 6.07) is 12.6. The maximum absolute atomic E-state index is 14.4. The molecule has 0 aliphatic heterocycles. The third-order valence-electron chi connectivity index (χ3n) is 4.72. The fourth-order valence-corrected chi connectivity index (χ4v) is 4.70. The lowest BCUT2D eigenvalue weighted by atomic mass is 10.1. The minimum atomic E-state index is -0.355. The van der Waals surface area contributed by atoms with Crippen LogP contribution in [0.5, 0.6) is 0 Å². The minimum Gasteiger partial charge on any atom is -0.380 e. The number of thiophene rings is 1. The lowest BCUT2D eigenvalue weighted by Gasteiger charge is -2.24. The van der Waals surface area contributed by atoms with Crippen molar-refractivity contribution in [2.75, 3.05) is 12.4 Å². The minimum absolute atomic E-state index is 0.152. The number of carbonyl (C=O) groups is 1. The molecule has 5 nitrogen and oxygen atoms in total. The van der Waals surface area contributed by atoms with Crippen LogP contribution >= 0.6 is 11.3 Å². The second-order valence-electron chi connectivity index (χ2n) is 7.84. The molecular formula is C22H22FN3O2S. The van der Waals surface area contributed by atoms with Gasteiger partial charge in [-0.2, -0.15) is 0 Å². The van der Waals surface area contributed by atoms with Crippen molar-refractivity contribution in [3.05, 3.63) is 58.7 Å². The van der Waals surface area contributed by atoms with E-state index in [2.05, 4.69) is 31.1 Å². The first-order valence-corrected chi connectivity index (χ1v) is 10.1. The van der Waals surface area contributed by atoms with Gasteiger partial charge in [0.15, 0.2) is 0 Å². The number of carbonyl (C=O) groups excluding carboxylic acids is 1. The smallest absolute Gasteiger partial charge is 0.268 e. The highest BCUT2D eigenvalue weighted by Crippen LogP contribution is 2.35. The molecule has 0 aliphatic rings. The van der Waals surface area contributed by atoms with E-state index in [-0.39, 0.29) is 23.9 Å². The largest absolute Gasteiger partial charge is 0.380 e. The Labute approximate surface area is 172 Å². The number of rotatable bonds is 4. The first-order chi connectivity index (χ1) is 13.8. The average molecular weight is 412 g/mol. The van der Waals surface area contributed by atoms with Crippen LogP contribution in [-0.4, -0.2) is 22.6 Å². The fraction of sp³-hybridized carbons (Fsp3) is 0.273. The SMILES string of the molecule is COCc1c(C(=O)Nc2nc3ccccc3n2C(C)(C)C)sc2cccc(F)c12. The standard InChI is InChI=1S/C22H22FN3O2S/c1-22(2,3)26-16-10-6-5-9-15(16)24-21(26)25-20(27)19-13(12-28-4)18-14(23)8-7-11-17(18)29-19/h5-11H,12H2,1-4H3,(H,24,25,27). The summed E-state index contributed by atoms with van der Waals surface area (Å²) in [6.45, 7) is 6.32. The van der Waals surface area contributed by atoms with E-state index < -0.39 is 0 Å². The molecule has 0 bridgehead atoms. The van der Waals surface area contributed by atoms with Crippen molar-refractivity contribution in [1.29, 1.82) is 0 Å². The van der Waals surface area contributed by atoms with Gasteiger partial charge in [-0.25, -0.2) is 9.37 Å². The zero-order valence-electron chi connectivity index (χ0n) is 16.7. The predicted molar refractivity (Wildman–Crippen MR) is 115 cm³/mol. The van der Waals surface area contributed by atoms with E-state index in [1.54, 1.807) is 6.07 Å². The Hall–Kier alpha value is -2.77. The van der Waals surface area contributed by atoms with Crippen LogP contribution in [-0.2, 0) is 16.9 Å². The van der Waals surface area contributed by atoms with E-state index >= 15 is 0 Å². The Balaban J connectivity index is 1.82. The first kappa shape index (κ1) is 19.5. The second-order valence-corrected chi connectivity index (χ2v) is 8.89. The number of imidazole rings is 1. The molecule has 0 radical (unpaired) electrons. The molecule has 0 spiro atoms. The van der Waals surface area contributed by atoms with Crippen LogP contribution in [0.2, 0.25) is 0 Å². The van der Waals surface area contributed by atoms with Crippen molar-refractivity contribution in [1.82, 2.24) is 9.55 Å². The van der Waals surface area contributed by atoms with Gasteiger partial charge < -0.3 is 9.30 Å². The highest BCUT2D eigenvalue weighted by Gasteiger charge is 2.25. The van der Waals surface area contributed by atoms with E-state index in [1.807, 2.05) is 34.9 Å². The number of nitrogens with one attached hydrogen (secondary N) is 1. The highest BCUT2D eigenvalue weighted by atomic mass is 32.1. The molecule has 1 amide bonds. The molecule has 29 heavy (non-hydrogen) atoms. The molecule has 0 aliphatic carbocycles. The Kier molecular flexibility index (Phi) is 4.88. The predicted octanol–water partition coefficient (Wildman–Crippen LogP) is 5.54. The van der Waals surface area contributed by atoms with Crippen LogP contribution in [0.4, 0.5) is 10.3 Å². The van der Waals surface area contributed by atoms with Gasteiger partial charge in [0.2, 0.25) is 5.95 Å². The Morgan fingerprint density at radius 1 is 1.21 bits per heavy atom. The first-order valence-electron chi connectivity index (χ1n) is 9.29. The van der Waals surface area contributed by atoms with Crippen LogP contribution in [0.15, 0.2) is 42.5 Å². The molecule has 0 saturated heterocycles. The zero-order chi connectivity index (χ0) is 20.8. The van der Waals surface area contributed by atoms with Crippen LogP contribution in [0.25, 0.3) is 21.1 Å². The quantitative estimate of drug-likeness (QED) is 0.479. The van der Waals surface area contributed by atoms with Crippen molar-refractivity contribution in [3.8, 4) is 0 Å². The van der Waals surface area contributed by atoms with Gasteiger partial charge >= 0.3 is 0 Å². The van der Waals surface area contributed by atoms with Gasteiger partial charge in [0.25, 0.3) is 5.91 Å². The number of hydrogen-bond donors (Lipinski definition) is 1. The molecule has 2 aromatic heterocycles. The van der Waals surface area contributed by atoms with Gasteiger partial charge in [0.05, 0.1) is 22.5 Å². The summed E-state index contributed by atoms with van der Waals surface area (Å²) >= 11 is 1.26. The van der Waals surface area contributed by atoms with Gasteiger partial charge in [-0.3, -0.25) is 10.1 Å². The summed E-state index contributed by atoms with van der Waals surface area (Å²) in [6.07, 6.45) is 0. The molecule has 150 valence electrons. The highest BCUT2D eigenvalue weighted by molar-refractivity contribution is 7.21. The normalized spacial score (nSPS) is 12.0. The van der Waals surface area contributed by atoms with Crippen LogP contribution in [0, 0.1) is 5.82 Å². The number of anilines is 1. The van der Waals surface area contributed by atoms with Crippen molar-refractivity contribution in [2.45, 2.75) is 32.9 Å². The summed E-state index contributed by atoms with van der Waals surface area (Å²) in [5, 5.41) is 3.39. The van der Waals surface area contributed by atoms with Crippen molar-refractivity contribution in [3.63, 3.8) is 0 Å². The molecular weight excluding hydrogens is 389 g/mol. The molecule has 4 aromatic rings. The lowest BCUT2D eigenvalue weighted by molar-refractivity contribution is 0.102. The van der Waals surface area contributed by atoms with Gasteiger partial charge in [0, 0.05) is 28.3 Å². The number of aromatic nitrogens is 2. The van der Waals surface area contributed by atoms with Gasteiger partial charge in [0.1, 0.15) is 5.82 Å². The van der Waals surface area contributed by atoms with E-state index in [4.69, 9.17) is 4.74 Å². The average Bonchev–Trinajstić information content (AvgIpc) is 3.20. The van der Waals surface area contributed by atoms with Gasteiger partial charge in [-0.15, -0.1) is 11.3 Å². The monoisotopic (exact) mass is 411 g/mol. The Morgan fingerprint density at radius 3 is 2.69 bits per heavy atom. The molecule has 2 heterocycles. The van der Waals surface area contributed by atoms with E-state index in [0.717, 1.165) is 11.0 Å². The number of para-hydroxylation sites is 2. The number of methoxy groups -OCH3 is 1. The van der Waals surface area contributed by atoms with E-state index in [1.165, 1.54) is 24.5 Å².